The third kappa shape index (κ3) is 5.87. The van der Waals surface area contributed by atoms with Gasteiger partial charge in [-0.2, -0.15) is 0 Å². The number of aromatic nitrogens is 2. The van der Waals surface area contributed by atoms with Crippen LogP contribution in [0.1, 0.15) is 43.2 Å². The molecular formula is C22H29ClN4O5S2. The maximum absolute atomic E-state index is 13.6. The summed E-state index contributed by atoms with van der Waals surface area (Å²) in [4.78, 5) is 24.9. The molecule has 3 rings (SSSR count). The minimum Gasteiger partial charge on any atom is -0.372 e. The second-order valence-corrected chi connectivity index (χ2v) is 12.9. The molecule has 12 heteroatoms. The van der Waals surface area contributed by atoms with Gasteiger partial charge in [0.2, 0.25) is 15.0 Å². The maximum atomic E-state index is 13.6. The number of sulfone groups is 2. The summed E-state index contributed by atoms with van der Waals surface area (Å²) in [7, 11) is -7.04. The van der Waals surface area contributed by atoms with Gasteiger partial charge in [0.1, 0.15) is 0 Å². The lowest BCUT2D eigenvalue weighted by Crippen LogP contribution is -2.41. The number of rotatable bonds is 9. The standard InChI is InChI=1S/C22H29ClN4O5S2/c1-4-26(5-2)17-9-7-16(8-10-17)14-27(18-11-12-33(29,30)15-18)21(28)20-19(23)13-24-22(25-20)34(31,32)6-3/h7-10,13,18H,4-6,11-12,14-15H2,1-3H3. The fourth-order valence-electron chi connectivity index (χ4n) is 3.90. The van der Waals surface area contributed by atoms with Crippen LogP contribution in [0.2, 0.25) is 5.02 Å². The molecule has 0 bridgehead atoms. The molecule has 34 heavy (non-hydrogen) atoms. The van der Waals surface area contributed by atoms with Gasteiger partial charge < -0.3 is 9.80 Å². The van der Waals surface area contributed by atoms with Crippen LogP contribution in [0.3, 0.4) is 0 Å². The van der Waals surface area contributed by atoms with E-state index in [1.807, 2.05) is 24.3 Å². The van der Waals surface area contributed by atoms with E-state index in [1.54, 1.807) is 0 Å². The van der Waals surface area contributed by atoms with Crippen molar-refractivity contribution in [3.05, 3.63) is 46.7 Å². The summed E-state index contributed by atoms with van der Waals surface area (Å²) in [6.07, 6.45) is 1.38. The lowest BCUT2D eigenvalue weighted by Gasteiger charge is -2.29. The Balaban J connectivity index is 1.97. The van der Waals surface area contributed by atoms with Gasteiger partial charge in [0.25, 0.3) is 5.91 Å². The highest BCUT2D eigenvalue weighted by molar-refractivity contribution is 7.91. The van der Waals surface area contributed by atoms with Crippen LogP contribution in [0.25, 0.3) is 0 Å². The highest BCUT2D eigenvalue weighted by atomic mass is 35.5. The quantitative estimate of drug-likeness (QED) is 0.456. The average molecular weight is 529 g/mol. The fraction of sp³-hybridized carbons (Fsp3) is 0.500. The maximum Gasteiger partial charge on any atom is 0.274 e. The van der Waals surface area contributed by atoms with Crippen LogP contribution in [-0.2, 0) is 26.2 Å². The van der Waals surface area contributed by atoms with E-state index in [9.17, 15) is 21.6 Å². The van der Waals surface area contributed by atoms with E-state index < -0.39 is 36.8 Å². The molecule has 1 atom stereocenters. The van der Waals surface area contributed by atoms with Crippen molar-refractivity contribution < 1.29 is 21.6 Å². The van der Waals surface area contributed by atoms with Crippen molar-refractivity contribution in [1.82, 2.24) is 14.9 Å². The number of carbonyl (C=O) groups is 1. The van der Waals surface area contributed by atoms with Crippen molar-refractivity contribution >= 4 is 42.9 Å². The molecule has 1 aromatic heterocycles. The van der Waals surface area contributed by atoms with E-state index in [-0.39, 0.29) is 40.9 Å². The molecule has 1 unspecified atom stereocenters. The molecule has 1 fully saturated rings. The zero-order valence-electron chi connectivity index (χ0n) is 19.4. The minimum atomic E-state index is -3.76. The van der Waals surface area contributed by atoms with Gasteiger partial charge in [-0.25, -0.2) is 26.8 Å². The molecular weight excluding hydrogens is 500 g/mol. The molecule has 0 saturated carbocycles. The van der Waals surface area contributed by atoms with E-state index in [2.05, 4.69) is 28.7 Å². The number of halogens is 1. The highest BCUT2D eigenvalue weighted by Crippen LogP contribution is 2.25. The molecule has 9 nitrogen and oxygen atoms in total. The largest absolute Gasteiger partial charge is 0.372 e. The van der Waals surface area contributed by atoms with Gasteiger partial charge in [-0.05, 0) is 38.0 Å². The topological polar surface area (TPSA) is 118 Å². The molecule has 186 valence electrons. The van der Waals surface area contributed by atoms with Crippen molar-refractivity contribution in [3.8, 4) is 0 Å². The Labute approximate surface area is 206 Å². The molecule has 1 saturated heterocycles. The first kappa shape index (κ1) is 26.4. The van der Waals surface area contributed by atoms with Crippen LogP contribution in [0.15, 0.2) is 35.6 Å². The first-order chi connectivity index (χ1) is 16.0. The normalized spacial score (nSPS) is 17.5. The summed E-state index contributed by atoms with van der Waals surface area (Å²) in [6, 6.07) is 7.13. The Bertz CT molecular complexity index is 1250. The number of anilines is 1. The molecule has 0 spiro atoms. The van der Waals surface area contributed by atoms with Crippen molar-refractivity contribution in [3.63, 3.8) is 0 Å². The van der Waals surface area contributed by atoms with Crippen LogP contribution in [0.5, 0.6) is 0 Å². The molecule has 0 radical (unpaired) electrons. The Kier molecular flexibility index (Phi) is 8.20. The molecule has 0 aliphatic carbocycles. The Hall–Kier alpha value is -2.24. The predicted molar refractivity (Wildman–Crippen MR) is 132 cm³/mol. The van der Waals surface area contributed by atoms with E-state index in [1.165, 1.54) is 11.8 Å². The Morgan fingerprint density at radius 2 is 1.79 bits per heavy atom. The van der Waals surface area contributed by atoms with E-state index in [4.69, 9.17) is 11.6 Å². The van der Waals surface area contributed by atoms with Crippen LogP contribution < -0.4 is 4.90 Å². The summed E-state index contributed by atoms with van der Waals surface area (Å²) in [5.41, 5.74) is 1.59. The zero-order valence-corrected chi connectivity index (χ0v) is 21.8. The van der Waals surface area contributed by atoms with Crippen molar-refractivity contribution in [2.24, 2.45) is 0 Å². The summed E-state index contributed by atoms with van der Waals surface area (Å²) in [5, 5.41) is -0.576. The summed E-state index contributed by atoms with van der Waals surface area (Å²) >= 11 is 6.19. The zero-order chi connectivity index (χ0) is 25.1. The van der Waals surface area contributed by atoms with Gasteiger partial charge in [0.15, 0.2) is 15.5 Å². The van der Waals surface area contributed by atoms with Crippen LogP contribution in [-0.4, -0.2) is 74.0 Å². The molecule has 0 N–H and O–H groups in total. The van der Waals surface area contributed by atoms with Gasteiger partial charge in [-0.15, -0.1) is 0 Å². The number of hydrogen-bond acceptors (Lipinski definition) is 8. The van der Waals surface area contributed by atoms with Crippen LogP contribution in [0.4, 0.5) is 5.69 Å². The van der Waals surface area contributed by atoms with Crippen molar-refractivity contribution in [2.45, 2.75) is 44.9 Å². The smallest absolute Gasteiger partial charge is 0.274 e. The van der Waals surface area contributed by atoms with Gasteiger partial charge >= 0.3 is 0 Å². The SMILES string of the molecule is CCN(CC)c1ccc(CN(C(=O)c2nc(S(=O)(=O)CC)ncc2Cl)C2CCS(=O)(=O)C2)cc1. The predicted octanol–water partition coefficient (Wildman–Crippen LogP) is 2.60. The van der Waals surface area contributed by atoms with Gasteiger partial charge in [0, 0.05) is 31.4 Å². The Morgan fingerprint density at radius 1 is 1.15 bits per heavy atom. The molecule has 1 aliphatic heterocycles. The van der Waals surface area contributed by atoms with E-state index >= 15 is 0 Å². The van der Waals surface area contributed by atoms with Gasteiger partial charge in [0.05, 0.1) is 28.5 Å². The second kappa shape index (κ2) is 10.6. The van der Waals surface area contributed by atoms with Crippen LogP contribution in [0, 0.1) is 0 Å². The average Bonchev–Trinajstić information content (AvgIpc) is 3.18. The summed E-state index contributed by atoms with van der Waals surface area (Å²) < 4.78 is 48.8. The minimum absolute atomic E-state index is 0.0185. The van der Waals surface area contributed by atoms with E-state index in [0.717, 1.165) is 30.5 Å². The first-order valence-corrected chi connectivity index (χ1v) is 15.0. The molecule has 1 aliphatic rings. The van der Waals surface area contributed by atoms with Crippen molar-refractivity contribution in [1.29, 1.82) is 0 Å². The molecule has 1 amide bonds. The summed E-state index contributed by atoms with van der Waals surface area (Å²) in [6.45, 7) is 7.43. The number of amides is 1. The number of hydrogen-bond donors (Lipinski definition) is 0. The van der Waals surface area contributed by atoms with Crippen LogP contribution >= 0.6 is 11.6 Å². The number of nitrogens with zero attached hydrogens (tertiary/aromatic N) is 4. The summed E-state index contributed by atoms with van der Waals surface area (Å²) in [5.74, 6) is -1.05. The third-order valence-corrected chi connectivity index (χ3v) is 9.45. The monoisotopic (exact) mass is 528 g/mol. The second-order valence-electron chi connectivity index (χ2n) is 8.08. The first-order valence-electron chi connectivity index (χ1n) is 11.1. The fourth-order valence-corrected chi connectivity index (χ4v) is 6.51. The van der Waals surface area contributed by atoms with Crippen molar-refractivity contribution in [2.75, 3.05) is 35.2 Å². The van der Waals surface area contributed by atoms with Gasteiger partial charge in [-0.1, -0.05) is 30.7 Å². The molecule has 1 aromatic carbocycles. The highest BCUT2D eigenvalue weighted by Gasteiger charge is 2.36. The van der Waals surface area contributed by atoms with E-state index in [0.29, 0.717) is 0 Å². The molecule has 2 heterocycles. The Morgan fingerprint density at radius 3 is 2.32 bits per heavy atom. The lowest BCUT2D eigenvalue weighted by molar-refractivity contribution is 0.0674. The molecule has 2 aromatic rings. The van der Waals surface area contributed by atoms with Gasteiger partial charge in [-0.3, -0.25) is 4.79 Å². The number of benzene rings is 1. The third-order valence-electron chi connectivity index (χ3n) is 5.91. The number of carbonyl (C=O) groups excluding carboxylic acids is 1. The lowest BCUT2D eigenvalue weighted by atomic mass is 10.1.